The fourth-order valence-corrected chi connectivity index (χ4v) is 0.937. The van der Waals surface area contributed by atoms with Crippen molar-refractivity contribution in [1.82, 2.24) is 4.98 Å². The highest BCUT2D eigenvalue weighted by molar-refractivity contribution is 5.98. The molecule has 0 radical (unpaired) electrons. The van der Waals surface area contributed by atoms with Crippen LogP contribution in [-0.4, -0.2) is 23.5 Å². The van der Waals surface area contributed by atoms with E-state index in [4.69, 9.17) is 10.5 Å². The third-order valence-electron chi connectivity index (χ3n) is 1.83. The Morgan fingerprint density at radius 3 is 2.80 bits per heavy atom. The molecular formula is C10H15N3O2. The van der Waals surface area contributed by atoms with Crippen molar-refractivity contribution in [2.45, 2.75) is 19.4 Å². The summed E-state index contributed by atoms with van der Waals surface area (Å²) < 4.78 is 5.06. The minimum atomic E-state index is -0.930. The molecule has 0 unspecified atom stereocenters. The highest BCUT2D eigenvalue weighted by Gasteiger charge is 2.22. The average molecular weight is 209 g/mol. The second-order valence-electron chi connectivity index (χ2n) is 3.75. The summed E-state index contributed by atoms with van der Waals surface area (Å²) in [5.41, 5.74) is 5.23. The van der Waals surface area contributed by atoms with Gasteiger partial charge in [0.25, 0.3) is 0 Å². The number of hydrogen-bond donors (Lipinski definition) is 2. The normalized spacial score (nSPS) is 10.9. The van der Waals surface area contributed by atoms with Gasteiger partial charge in [0.15, 0.2) is 0 Å². The van der Waals surface area contributed by atoms with E-state index in [1.54, 1.807) is 26.1 Å². The number of hydrogen-bond acceptors (Lipinski definition) is 4. The van der Waals surface area contributed by atoms with Crippen molar-refractivity contribution in [3.63, 3.8) is 0 Å². The zero-order valence-corrected chi connectivity index (χ0v) is 9.07. The van der Waals surface area contributed by atoms with Crippen molar-refractivity contribution >= 4 is 11.6 Å². The fourth-order valence-electron chi connectivity index (χ4n) is 0.937. The topological polar surface area (TPSA) is 77.2 Å². The number of methoxy groups -OCH3 is 1. The lowest BCUT2D eigenvalue weighted by Crippen LogP contribution is -2.45. The highest BCUT2D eigenvalue weighted by Crippen LogP contribution is 2.22. The van der Waals surface area contributed by atoms with Gasteiger partial charge in [0.05, 0.1) is 18.8 Å². The summed E-state index contributed by atoms with van der Waals surface area (Å²) in [6, 6.07) is 1.67. The van der Waals surface area contributed by atoms with Crippen LogP contribution in [0.1, 0.15) is 13.8 Å². The molecule has 1 aromatic rings. The van der Waals surface area contributed by atoms with Gasteiger partial charge in [-0.1, -0.05) is 0 Å². The molecule has 0 atom stereocenters. The second kappa shape index (κ2) is 4.27. The Kier molecular flexibility index (Phi) is 3.26. The van der Waals surface area contributed by atoms with Crippen LogP contribution in [0.3, 0.4) is 0 Å². The van der Waals surface area contributed by atoms with Crippen molar-refractivity contribution in [3.8, 4) is 5.75 Å². The zero-order chi connectivity index (χ0) is 11.5. The number of carbonyl (C=O) groups is 1. The largest absolute Gasteiger partial charge is 0.494 e. The van der Waals surface area contributed by atoms with E-state index in [0.29, 0.717) is 11.4 Å². The number of anilines is 1. The summed E-state index contributed by atoms with van der Waals surface area (Å²) >= 11 is 0. The number of aromatic nitrogens is 1. The first-order valence-electron chi connectivity index (χ1n) is 4.53. The van der Waals surface area contributed by atoms with Gasteiger partial charge < -0.3 is 15.8 Å². The molecule has 0 saturated heterocycles. The molecule has 0 aliphatic carbocycles. The first kappa shape index (κ1) is 11.5. The van der Waals surface area contributed by atoms with Gasteiger partial charge in [-0.25, -0.2) is 0 Å². The Balaban J connectivity index is 2.85. The van der Waals surface area contributed by atoms with Crippen molar-refractivity contribution in [2.75, 3.05) is 12.4 Å². The van der Waals surface area contributed by atoms with Crippen LogP contribution in [0.2, 0.25) is 0 Å². The number of nitrogens with zero attached hydrogens (tertiary/aromatic N) is 1. The number of nitrogens with one attached hydrogen (secondary N) is 1. The predicted molar refractivity (Wildman–Crippen MR) is 57.7 cm³/mol. The number of nitrogens with two attached hydrogens (primary N) is 1. The van der Waals surface area contributed by atoms with Crippen LogP contribution in [0.4, 0.5) is 5.69 Å². The van der Waals surface area contributed by atoms with Gasteiger partial charge in [-0.2, -0.15) is 0 Å². The number of ether oxygens (including phenoxy) is 1. The lowest BCUT2D eigenvalue weighted by molar-refractivity contribution is -0.120. The van der Waals surface area contributed by atoms with Crippen LogP contribution in [0.15, 0.2) is 18.5 Å². The Bertz CT molecular complexity index is 358. The quantitative estimate of drug-likeness (QED) is 0.770. The second-order valence-corrected chi connectivity index (χ2v) is 3.75. The Hall–Kier alpha value is -1.62. The average Bonchev–Trinajstić information content (AvgIpc) is 2.17. The molecule has 5 heteroatoms. The maximum absolute atomic E-state index is 11.6. The van der Waals surface area contributed by atoms with Gasteiger partial charge in [0.1, 0.15) is 11.4 Å². The SMILES string of the molecule is COc1ccncc1NC(=O)C(C)(C)N. The first-order chi connectivity index (χ1) is 6.95. The van der Waals surface area contributed by atoms with Crippen molar-refractivity contribution < 1.29 is 9.53 Å². The number of amides is 1. The Morgan fingerprint density at radius 2 is 2.27 bits per heavy atom. The summed E-state index contributed by atoms with van der Waals surface area (Å²) in [7, 11) is 1.53. The van der Waals surface area contributed by atoms with Gasteiger partial charge in [-0.3, -0.25) is 9.78 Å². The van der Waals surface area contributed by atoms with E-state index in [0.717, 1.165) is 0 Å². The molecule has 5 nitrogen and oxygen atoms in total. The highest BCUT2D eigenvalue weighted by atomic mass is 16.5. The number of pyridine rings is 1. The van der Waals surface area contributed by atoms with E-state index in [1.807, 2.05) is 0 Å². The van der Waals surface area contributed by atoms with Crippen LogP contribution in [0.25, 0.3) is 0 Å². The minimum absolute atomic E-state index is 0.284. The fraction of sp³-hybridized carbons (Fsp3) is 0.400. The smallest absolute Gasteiger partial charge is 0.244 e. The van der Waals surface area contributed by atoms with Crippen LogP contribution < -0.4 is 15.8 Å². The molecule has 1 heterocycles. The first-order valence-corrected chi connectivity index (χ1v) is 4.53. The summed E-state index contributed by atoms with van der Waals surface area (Å²) in [5.74, 6) is 0.274. The standard InChI is InChI=1S/C10H15N3O2/c1-10(2,11)9(14)13-7-6-12-5-4-8(7)15-3/h4-6H,11H2,1-3H3,(H,13,14). The molecule has 0 fully saturated rings. The van der Waals surface area contributed by atoms with Gasteiger partial charge in [-0.05, 0) is 13.8 Å². The van der Waals surface area contributed by atoms with Crippen LogP contribution in [0.5, 0.6) is 5.75 Å². The molecule has 82 valence electrons. The summed E-state index contributed by atoms with van der Waals surface area (Å²) in [5, 5.41) is 2.65. The molecule has 0 aliphatic heterocycles. The van der Waals surface area contributed by atoms with E-state index < -0.39 is 5.54 Å². The molecule has 0 aliphatic rings. The Labute approximate surface area is 88.6 Å². The maximum Gasteiger partial charge on any atom is 0.244 e. The van der Waals surface area contributed by atoms with Gasteiger partial charge in [-0.15, -0.1) is 0 Å². The predicted octanol–water partition coefficient (Wildman–Crippen LogP) is 0.766. The van der Waals surface area contributed by atoms with Gasteiger partial charge in [0, 0.05) is 12.3 Å². The number of carbonyl (C=O) groups excluding carboxylic acids is 1. The summed E-state index contributed by atoms with van der Waals surface area (Å²) in [4.78, 5) is 15.5. The molecule has 0 saturated carbocycles. The molecule has 3 N–H and O–H groups in total. The molecule has 1 amide bonds. The third kappa shape index (κ3) is 2.92. The van der Waals surface area contributed by atoms with Crippen molar-refractivity contribution in [1.29, 1.82) is 0 Å². The lowest BCUT2D eigenvalue weighted by Gasteiger charge is -2.18. The van der Waals surface area contributed by atoms with Crippen LogP contribution in [0, 0.1) is 0 Å². The summed E-state index contributed by atoms with van der Waals surface area (Å²) in [6.07, 6.45) is 3.10. The van der Waals surface area contributed by atoms with E-state index >= 15 is 0 Å². The third-order valence-corrected chi connectivity index (χ3v) is 1.83. The monoisotopic (exact) mass is 209 g/mol. The van der Waals surface area contributed by atoms with Crippen LogP contribution in [-0.2, 0) is 4.79 Å². The van der Waals surface area contributed by atoms with E-state index in [2.05, 4.69) is 10.3 Å². The Morgan fingerprint density at radius 1 is 1.60 bits per heavy atom. The molecule has 15 heavy (non-hydrogen) atoms. The van der Waals surface area contributed by atoms with Gasteiger partial charge >= 0.3 is 0 Å². The van der Waals surface area contributed by atoms with E-state index in [1.165, 1.54) is 13.3 Å². The number of rotatable bonds is 3. The maximum atomic E-state index is 11.6. The summed E-state index contributed by atoms with van der Waals surface area (Å²) in [6.45, 7) is 3.26. The van der Waals surface area contributed by atoms with E-state index in [9.17, 15) is 4.79 Å². The molecule has 0 spiro atoms. The molecule has 1 rings (SSSR count). The zero-order valence-electron chi connectivity index (χ0n) is 9.07. The van der Waals surface area contributed by atoms with Crippen molar-refractivity contribution in [3.05, 3.63) is 18.5 Å². The molecular weight excluding hydrogens is 194 g/mol. The van der Waals surface area contributed by atoms with E-state index in [-0.39, 0.29) is 5.91 Å². The van der Waals surface area contributed by atoms with Crippen LogP contribution >= 0.6 is 0 Å². The van der Waals surface area contributed by atoms with Crippen molar-refractivity contribution in [2.24, 2.45) is 5.73 Å². The van der Waals surface area contributed by atoms with Gasteiger partial charge in [0.2, 0.25) is 5.91 Å². The lowest BCUT2D eigenvalue weighted by atomic mass is 10.1. The molecule has 1 aromatic heterocycles. The minimum Gasteiger partial charge on any atom is -0.494 e. The molecule has 0 aromatic carbocycles. The molecule has 0 bridgehead atoms.